The lowest BCUT2D eigenvalue weighted by Crippen LogP contribution is -2.31. The lowest BCUT2D eigenvalue weighted by molar-refractivity contribution is -0.140. The molecule has 0 unspecified atom stereocenters. The number of aliphatic carboxylic acids is 1. The van der Waals surface area contributed by atoms with Crippen molar-refractivity contribution in [1.82, 2.24) is 0 Å². The first kappa shape index (κ1) is 13.8. The van der Waals surface area contributed by atoms with E-state index in [-0.39, 0.29) is 24.0 Å². The fourth-order valence-corrected chi connectivity index (χ4v) is 3.08. The minimum absolute atomic E-state index is 0.0463. The molecule has 1 aromatic rings. The SMILES string of the molecule is O=C(O)CCC(=O)C1(Cc2ccccc2)CCCC1. The van der Waals surface area contributed by atoms with Crippen LogP contribution >= 0.6 is 0 Å². The maximum absolute atomic E-state index is 12.4. The van der Waals surface area contributed by atoms with Crippen LogP contribution in [0, 0.1) is 5.41 Å². The number of hydrogen-bond acceptors (Lipinski definition) is 2. The first-order valence-corrected chi connectivity index (χ1v) is 6.91. The number of carboxylic acid groups (broad SMARTS) is 1. The summed E-state index contributed by atoms with van der Waals surface area (Å²) in [6, 6.07) is 10.0. The maximum atomic E-state index is 12.4. The molecule has 1 aliphatic carbocycles. The van der Waals surface area contributed by atoms with Crippen LogP contribution in [0.2, 0.25) is 0 Å². The lowest BCUT2D eigenvalue weighted by Gasteiger charge is -2.27. The summed E-state index contributed by atoms with van der Waals surface area (Å²) in [5.74, 6) is -0.752. The van der Waals surface area contributed by atoms with E-state index < -0.39 is 5.97 Å². The number of ketones is 1. The van der Waals surface area contributed by atoms with Crippen molar-refractivity contribution in [3.05, 3.63) is 35.9 Å². The van der Waals surface area contributed by atoms with E-state index in [1.165, 1.54) is 5.56 Å². The molecule has 0 spiro atoms. The Morgan fingerprint density at radius 2 is 1.68 bits per heavy atom. The highest BCUT2D eigenvalue weighted by Gasteiger charge is 2.40. The summed E-state index contributed by atoms with van der Waals surface area (Å²) >= 11 is 0. The van der Waals surface area contributed by atoms with Crippen molar-refractivity contribution in [3.63, 3.8) is 0 Å². The van der Waals surface area contributed by atoms with Crippen LogP contribution in [0.25, 0.3) is 0 Å². The highest BCUT2D eigenvalue weighted by atomic mass is 16.4. The monoisotopic (exact) mass is 260 g/mol. The molecular formula is C16H20O3. The molecule has 102 valence electrons. The van der Waals surface area contributed by atoms with Gasteiger partial charge in [0.05, 0.1) is 6.42 Å². The third-order valence-corrected chi connectivity index (χ3v) is 4.10. The van der Waals surface area contributed by atoms with Gasteiger partial charge in [0, 0.05) is 11.8 Å². The van der Waals surface area contributed by atoms with Gasteiger partial charge < -0.3 is 5.11 Å². The minimum Gasteiger partial charge on any atom is -0.481 e. The van der Waals surface area contributed by atoms with E-state index in [0.29, 0.717) is 0 Å². The molecule has 0 atom stereocenters. The summed E-state index contributed by atoms with van der Waals surface area (Å²) < 4.78 is 0. The Bertz CT molecular complexity index is 444. The van der Waals surface area contributed by atoms with Crippen molar-refractivity contribution in [1.29, 1.82) is 0 Å². The van der Waals surface area contributed by atoms with Gasteiger partial charge in [-0.25, -0.2) is 0 Å². The fraction of sp³-hybridized carbons (Fsp3) is 0.500. The average Bonchev–Trinajstić information content (AvgIpc) is 2.87. The summed E-state index contributed by atoms with van der Waals surface area (Å²) in [5.41, 5.74) is 0.865. The van der Waals surface area contributed by atoms with Crippen LogP contribution < -0.4 is 0 Å². The van der Waals surface area contributed by atoms with Crippen molar-refractivity contribution in [2.45, 2.75) is 44.9 Å². The second kappa shape index (κ2) is 6.00. The number of benzene rings is 1. The van der Waals surface area contributed by atoms with Crippen LogP contribution in [0.15, 0.2) is 30.3 Å². The van der Waals surface area contributed by atoms with Crippen molar-refractivity contribution in [2.24, 2.45) is 5.41 Å². The van der Waals surface area contributed by atoms with Crippen LogP contribution in [0.4, 0.5) is 0 Å². The Kier molecular flexibility index (Phi) is 4.35. The van der Waals surface area contributed by atoms with Gasteiger partial charge >= 0.3 is 5.97 Å². The first-order chi connectivity index (χ1) is 9.12. The molecule has 1 N–H and O–H groups in total. The fourth-order valence-electron chi connectivity index (χ4n) is 3.08. The maximum Gasteiger partial charge on any atom is 0.303 e. The number of rotatable bonds is 6. The molecule has 1 aromatic carbocycles. The van der Waals surface area contributed by atoms with Crippen LogP contribution in [-0.2, 0) is 16.0 Å². The van der Waals surface area contributed by atoms with E-state index in [9.17, 15) is 9.59 Å². The van der Waals surface area contributed by atoms with Crippen molar-refractivity contribution in [2.75, 3.05) is 0 Å². The molecule has 0 aliphatic heterocycles. The average molecular weight is 260 g/mol. The van der Waals surface area contributed by atoms with E-state index >= 15 is 0 Å². The van der Waals surface area contributed by atoms with Gasteiger partial charge in [0.25, 0.3) is 0 Å². The number of Topliss-reactive ketones (excluding diaryl/α,β-unsaturated/α-hetero) is 1. The molecule has 0 saturated heterocycles. The van der Waals surface area contributed by atoms with Crippen molar-refractivity contribution >= 4 is 11.8 Å². The Hall–Kier alpha value is -1.64. The van der Waals surface area contributed by atoms with E-state index in [4.69, 9.17) is 5.11 Å². The normalized spacial score (nSPS) is 17.3. The number of carbonyl (C=O) groups is 2. The highest BCUT2D eigenvalue weighted by molar-refractivity contribution is 5.88. The van der Waals surface area contributed by atoms with Gasteiger partial charge in [0.15, 0.2) is 0 Å². The summed E-state index contributed by atoms with van der Waals surface area (Å²) in [7, 11) is 0. The summed E-state index contributed by atoms with van der Waals surface area (Å²) in [4.78, 5) is 23.0. The van der Waals surface area contributed by atoms with Gasteiger partial charge in [-0.05, 0) is 24.8 Å². The van der Waals surface area contributed by atoms with E-state index in [1.54, 1.807) is 0 Å². The zero-order chi connectivity index (χ0) is 13.7. The van der Waals surface area contributed by atoms with Gasteiger partial charge in [-0.1, -0.05) is 43.2 Å². The zero-order valence-corrected chi connectivity index (χ0v) is 11.1. The summed E-state index contributed by atoms with van der Waals surface area (Å²) in [6.07, 6.45) is 4.84. The number of hydrogen-bond donors (Lipinski definition) is 1. The van der Waals surface area contributed by atoms with Crippen LogP contribution in [0.3, 0.4) is 0 Å². The van der Waals surface area contributed by atoms with Crippen LogP contribution in [-0.4, -0.2) is 16.9 Å². The molecule has 3 nitrogen and oxygen atoms in total. The van der Waals surface area contributed by atoms with E-state index in [1.807, 2.05) is 30.3 Å². The Labute approximate surface area is 113 Å². The molecule has 2 rings (SSSR count). The lowest BCUT2D eigenvalue weighted by atomic mass is 9.75. The summed E-state index contributed by atoms with van der Waals surface area (Å²) in [5, 5.41) is 8.73. The Morgan fingerprint density at radius 3 is 2.26 bits per heavy atom. The molecule has 1 fully saturated rings. The zero-order valence-electron chi connectivity index (χ0n) is 11.1. The smallest absolute Gasteiger partial charge is 0.303 e. The van der Waals surface area contributed by atoms with Gasteiger partial charge in [-0.2, -0.15) is 0 Å². The second-order valence-electron chi connectivity index (χ2n) is 5.47. The third kappa shape index (κ3) is 3.43. The van der Waals surface area contributed by atoms with Gasteiger partial charge in [0.1, 0.15) is 5.78 Å². The van der Waals surface area contributed by atoms with E-state index in [0.717, 1.165) is 32.1 Å². The van der Waals surface area contributed by atoms with Crippen LogP contribution in [0.5, 0.6) is 0 Å². The predicted octanol–water partition coefficient (Wildman–Crippen LogP) is 3.22. The Morgan fingerprint density at radius 1 is 1.05 bits per heavy atom. The first-order valence-electron chi connectivity index (χ1n) is 6.91. The standard InChI is InChI=1S/C16H20O3/c17-14(8-9-15(18)19)16(10-4-5-11-16)12-13-6-2-1-3-7-13/h1-3,6-7H,4-5,8-12H2,(H,18,19). The van der Waals surface area contributed by atoms with Gasteiger partial charge in [-0.15, -0.1) is 0 Å². The molecular weight excluding hydrogens is 240 g/mol. The topological polar surface area (TPSA) is 54.4 Å². The molecule has 1 aliphatic rings. The highest BCUT2D eigenvalue weighted by Crippen LogP contribution is 2.42. The predicted molar refractivity (Wildman–Crippen MR) is 72.9 cm³/mol. The quantitative estimate of drug-likeness (QED) is 0.854. The second-order valence-corrected chi connectivity index (χ2v) is 5.47. The minimum atomic E-state index is -0.888. The molecule has 0 aromatic heterocycles. The molecule has 0 bridgehead atoms. The molecule has 3 heteroatoms. The number of carboxylic acids is 1. The molecule has 0 heterocycles. The number of carbonyl (C=O) groups excluding carboxylic acids is 1. The van der Waals surface area contributed by atoms with Crippen LogP contribution in [0.1, 0.15) is 44.1 Å². The molecule has 19 heavy (non-hydrogen) atoms. The Balaban J connectivity index is 2.09. The third-order valence-electron chi connectivity index (χ3n) is 4.10. The molecule has 0 radical (unpaired) electrons. The van der Waals surface area contributed by atoms with Gasteiger partial charge in [-0.3, -0.25) is 9.59 Å². The van der Waals surface area contributed by atoms with Crippen molar-refractivity contribution < 1.29 is 14.7 Å². The molecule has 0 amide bonds. The van der Waals surface area contributed by atoms with Gasteiger partial charge in [0.2, 0.25) is 0 Å². The summed E-state index contributed by atoms with van der Waals surface area (Å²) in [6.45, 7) is 0. The largest absolute Gasteiger partial charge is 0.481 e. The van der Waals surface area contributed by atoms with Crippen molar-refractivity contribution in [3.8, 4) is 0 Å². The van der Waals surface area contributed by atoms with E-state index in [2.05, 4.69) is 0 Å². The molecule has 1 saturated carbocycles.